The minimum atomic E-state index is 0.264. The molecule has 0 aromatic heterocycles. The van der Waals surface area contributed by atoms with Gasteiger partial charge in [0.25, 0.3) is 0 Å². The molecule has 4 heteroatoms. The highest BCUT2D eigenvalue weighted by molar-refractivity contribution is 7.98. The number of anilines is 1. The van der Waals surface area contributed by atoms with Crippen LogP contribution in [-0.4, -0.2) is 26.0 Å². The Morgan fingerprint density at radius 2 is 2.16 bits per heavy atom. The molecule has 1 aliphatic heterocycles. The van der Waals surface area contributed by atoms with Gasteiger partial charge in [0, 0.05) is 24.7 Å². The van der Waals surface area contributed by atoms with Gasteiger partial charge in [0.2, 0.25) is 0 Å². The third-order valence-electron chi connectivity index (χ3n) is 3.76. The van der Waals surface area contributed by atoms with Crippen LogP contribution in [0.25, 0.3) is 0 Å². The normalized spacial score (nSPS) is 17.7. The number of benzene rings is 1. The largest absolute Gasteiger partial charge is 0.383 e. The molecule has 0 unspecified atom stereocenters. The van der Waals surface area contributed by atoms with E-state index < -0.39 is 0 Å². The Bertz CT molecular complexity index is 476. The highest BCUT2D eigenvalue weighted by Crippen LogP contribution is 2.32. The Balaban J connectivity index is 2.09. The maximum Gasteiger partial charge on any atom is 0.102 e. The fourth-order valence-corrected chi connectivity index (χ4v) is 2.89. The van der Waals surface area contributed by atoms with Crippen molar-refractivity contribution in [3.8, 4) is 6.07 Å². The minimum Gasteiger partial charge on any atom is -0.383 e. The number of hydrogen-bond acceptors (Lipinski definition) is 4. The van der Waals surface area contributed by atoms with E-state index in [1.54, 1.807) is 11.8 Å². The highest BCUT2D eigenvalue weighted by atomic mass is 32.2. The quantitative estimate of drug-likeness (QED) is 0.855. The molecular weight excluding hydrogens is 256 g/mol. The molecule has 0 radical (unpaired) electrons. The summed E-state index contributed by atoms with van der Waals surface area (Å²) < 4.78 is 5.41. The van der Waals surface area contributed by atoms with E-state index in [0.29, 0.717) is 0 Å². The van der Waals surface area contributed by atoms with Gasteiger partial charge in [-0.15, -0.1) is 11.8 Å². The molecule has 0 bridgehead atoms. The van der Waals surface area contributed by atoms with E-state index in [0.717, 1.165) is 48.7 Å². The lowest BCUT2D eigenvalue weighted by atomic mass is 9.82. The van der Waals surface area contributed by atoms with Crippen molar-refractivity contribution in [2.45, 2.75) is 24.7 Å². The van der Waals surface area contributed by atoms with Crippen LogP contribution in [0.15, 0.2) is 23.1 Å². The first-order chi connectivity index (χ1) is 9.18. The molecule has 0 aliphatic carbocycles. The Morgan fingerprint density at radius 1 is 1.42 bits per heavy atom. The molecule has 1 aromatic rings. The number of nitrogens with zero attached hydrogens (tertiary/aromatic N) is 1. The summed E-state index contributed by atoms with van der Waals surface area (Å²) in [4.78, 5) is 1.03. The topological polar surface area (TPSA) is 45.0 Å². The lowest BCUT2D eigenvalue weighted by Gasteiger charge is -2.34. The first-order valence-electron chi connectivity index (χ1n) is 6.57. The second-order valence-corrected chi connectivity index (χ2v) is 6.12. The van der Waals surface area contributed by atoms with Crippen molar-refractivity contribution in [1.82, 2.24) is 0 Å². The van der Waals surface area contributed by atoms with Crippen LogP contribution in [0.2, 0.25) is 0 Å². The third-order valence-corrected chi connectivity index (χ3v) is 4.54. The van der Waals surface area contributed by atoms with Crippen molar-refractivity contribution < 1.29 is 4.74 Å². The second-order valence-electron chi connectivity index (χ2n) is 5.27. The third kappa shape index (κ3) is 3.43. The molecular formula is C15H20N2OS. The van der Waals surface area contributed by atoms with E-state index in [9.17, 15) is 5.26 Å². The summed E-state index contributed by atoms with van der Waals surface area (Å²) >= 11 is 1.61. The number of nitriles is 1. The molecule has 0 spiro atoms. The van der Waals surface area contributed by atoms with Gasteiger partial charge in [0.1, 0.15) is 6.07 Å². The van der Waals surface area contributed by atoms with Crippen molar-refractivity contribution >= 4 is 17.4 Å². The fraction of sp³-hybridized carbons (Fsp3) is 0.533. The molecule has 1 aromatic carbocycles. The van der Waals surface area contributed by atoms with Gasteiger partial charge in [-0.1, -0.05) is 13.0 Å². The van der Waals surface area contributed by atoms with Crippen LogP contribution in [0.5, 0.6) is 0 Å². The zero-order valence-corrected chi connectivity index (χ0v) is 12.3. The van der Waals surface area contributed by atoms with Crippen LogP contribution in [0.3, 0.4) is 0 Å². The smallest absolute Gasteiger partial charge is 0.102 e. The molecule has 0 atom stereocenters. The van der Waals surface area contributed by atoms with Gasteiger partial charge in [0.15, 0.2) is 0 Å². The fourth-order valence-electron chi connectivity index (χ4n) is 2.31. The van der Waals surface area contributed by atoms with Crippen molar-refractivity contribution in [2.75, 3.05) is 31.3 Å². The van der Waals surface area contributed by atoms with E-state index >= 15 is 0 Å². The second kappa shape index (κ2) is 6.31. The van der Waals surface area contributed by atoms with Crippen LogP contribution in [0.1, 0.15) is 25.3 Å². The number of hydrogen-bond donors (Lipinski definition) is 1. The van der Waals surface area contributed by atoms with Crippen LogP contribution in [0, 0.1) is 16.7 Å². The predicted molar refractivity (Wildman–Crippen MR) is 79.6 cm³/mol. The monoisotopic (exact) mass is 276 g/mol. The molecule has 0 saturated carbocycles. The lowest BCUT2D eigenvalue weighted by molar-refractivity contribution is 0.0300. The molecule has 1 N–H and O–H groups in total. The molecule has 3 nitrogen and oxygen atoms in total. The molecule has 19 heavy (non-hydrogen) atoms. The lowest BCUT2D eigenvalue weighted by Crippen LogP contribution is -2.33. The van der Waals surface area contributed by atoms with Crippen LogP contribution >= 0.6 is 11.8 Å². The van der Waals surface area contributed by atoms with E-state index in [4.69, 9.17) is 4.74 Å². The molecule has 1 aliphatic rings. The highest BCUT2D eigenvalue weighted by Gasteiger charge is 2.27. The predicted octanol–water partition coefficient (Wildman–Crippen LogP) is 3.51. The van der Waals surface area contributed by atoms with Gasteiger partial charge in [-0.3, -0.25) is 0 Å². The van der Waals surface area contributed by atoms with Crippen molar-refractivity contribution in [3.05, 3.63) is 23.8 Å². The summed E-state index contributed by atoms with van der Waals surface area (Å²) in [6.45, 7) is 4.86. The van der Waals surface area contributed by atoms with E-state index in [1.165, 1.54) is 0 Å². The number of thioether (sulfide) groups is 1. The molecule has 1 saturated heterocycles. The summed E-state index contributed by atoms with van der Waals surface area (Å²) in [5, 5.41) is 12.8. The Hall–Kier alpha value is -1.18. The zero-order chi connectivity index (χ0) is 13.7. The van der Waals surface area contributed by atoms with Crippen molar-refractivity contribution in [3.63, 3.8) is 0 Å². The van der Waals surface area contributed by atoms with Crippen molar-refractivity contribution in [2.24, 2.45) is 5.41 Å². The summed E-state index contributed by atoms with van der Waals surface area (Å²) in [5.74, 6) is 0. The average Bonchev–Trinajstić information content (AvgIpc) is 2.45. The van der Waals surface area contributed by atoms with Gasteiger partial charge < -0.3 is 10.1 Å². The van der Waals surface area contributed by atoms with Crippen molar-refractivity contribution in [1.29, 1.82) is 5.26 Å². The maximum atomic E-state index is 9.31. The summed E-state index contributed by atoms with van der Waals surface area (Å²) in [6.07, 6.45) is 4.15. The Labute approximate surface area is 119 Å². The zero-order valence-electron chi connectivity index (χ0n) is 11.5. The summed E-state index contributed by atoms with van der Waals surface area (Å²) in [6, 6.07) is 8.29. The first kappa shape index (κ1) is 14.2. The van der Waals surface area contributed by atoms with Crippen LogP contribution < -0.4 is 5.32 Å². The van der Waals surface area contributed by atoms with Gasteiger partial charge in [-0.25, -0.2) is 0 Å². The molecule has 102 valence electrons. The summed E-state index contributed by atoms with van der Waals surface area (Å²) in [7, 11) is 0. The SMILES string of the molecule is CSc1cccc(NCC2(C)CCOCC2)c1C#N. The van der Waals surface area contributed by atoms with Gasteiger partial charge in [-0.2, -0.15) is 5.26 Å². The van der Waals surface area contributed by atoms with E-state index in [1.807, 2.05) is 24.5 Å². The average molecular weight is 276 g/mol. The number of rotatable bonds is 4. The van der Waals surface area contributed by atoms with Gasteiger partial charge in [0.05, 0.1) is 11.3 Å². The minimum absolute atomic E-state index is 0.264. The standard InChI is InChI=1S/C15H20N2OS/c1-15(6-8-18-9-7-15)11-17-13-4-3-5-14(19-2)12(13)10-16/h3-5,17H,6-9,11H2,1-2H3. The van der Waals surface area contributed by atoms with Gasteiger partial charge >= 0.3 is 0 Å². The maximum absolute atomic E-state index is 9.31. The van der Waals surface area contributed by atoms with E-state index in [-0.39, 0.29) is 5.41 Å². The molecule has 2 rings (SSSR count). The Morgan fingerprint density at radius 3 is 2.79 bits per heavy atom. The summed E-state index contributed by atoms with van der Waals surface area (Å²) in [5.41, 5.74) is 1.97. The number of nitrogens with one attached hydrogen (secondary N) is 1. The number of ether oxygens (including phenoxy) is 1. The first-order valence-corrected chi connectivity index (χ1v) is 7.80. The molecule has 0 amide bonds. The van der Waals surface area contributed by atoms with Crippen LogP contribution in [-0.2, 0) is 4.74 Å². The van der Waals surface area contributed by atoms with Gasteiger partial charge in [-0.05, 0) is 36.6 Å². The van der Waals surface area contributed by atoms with E-state index in [2.05, 4.69) is 18.3 Å². The molecule has 1 heterocycles. The van der Waals surface area contributed by atoms with Crippen LogP contribution in [0.4, 0.5) is 5.69 Å². The Kier molecular flexibility index (Phi) is 4.73. The molecule has 1 fully saturated rings.